The van der Waals surface area contributed by atoms with Crippen molar-refractivity contribution in [3.63, 3.8) is 0 Å². The van der Waals surface area contributed by atoms with Crippen LogP contribution in [0.2, 0.25) is 0 Å². The number of hydrogen-bond donors (Lipinski definition) is 2. The number of piperidine rings is 1. The van der Waals surface area contributed by atoms with Crippen LogP contribution in [0.25, 0.3) is 0 Å². The molecule has 1 aromatic carbocycles. The number of amides is 1. The summed E-state index contributed by atoms with van der Waals surface area (Å²) < 4.78 is 27.7. The Hall–Kier alpha value is -1.44. The molecular formula is C21H33N3O3S. The Labute approximate surface area is 169 Å². The molecule has 2 aliphatic rings. The van der Waals surface area contributed by atoms with E-state index in [-0.39, 0.29) is 18.0 Å². The van der Waals surface area contributed by atoms with Gasteiger partial charge in [0, 0.05) is 25.2 Å². The highest BCUT2D eigenvalue weighted by Crippen LogP contribution is 2.29. The topological polar surface area (TPSA) is 78.5 Å². The van der Waals surface area contributed by atoms with Crippen LogP contribution in [0.3, 0.4) is 0 Å². The second-order valence-electron chi connectivity index (χ2n) is 8.43. The van der Waals surface area contributed by atoms with Gasteiger partial charge in [-0.05, 0) is 43.2 Å². The van der Waals surface area contributed by atoms with Crippen LogP contribution in [-0.4, -0.2) is 50.9 Å². The van der Waals surface area contributed by atoms with Gasteiger partial charge in [0.2, 0.25) is 15.9 Å². The van der Waals surface area contributed by atoms with Gasteiger partial charge in [-0.1, -0.05) is 44.9 Å². The van der Waals surface area contributed by atoms with E-state index in [1.807, 2.05) is 0 Å². The normalized spacial score (nSPS) is 27.4. The van der Waals surface area contributed by atoms with E-state index < -0.39 is 10.0 Å². The molecule has 6 nitrogen and oxygen atoms in total. The highest BCUT2D eigenvalue weighted by Gasteiger charge is 2.29. The Balaban J connectivity index is 1.43. The van der Waals surface area contributed by atoms with Gasteiger partial charge in [-0.15, -0.1) is 0 Å². The van der Waals surface area contributed by atoms with Crippen molar-refractivity contribution in [1.29, 1.82) is 0 Å². The van der Waals surface area contributed by atoms with Crippen LogP contribution >= 0.6 is 0 Å². The van der Waals surface area contributed by atoms with Gasteiger partial charge in [-0.3, -0.25) is 9.69 Å². The zero-order valence-corrected chi connectivity index (χ0v) is 17.7. The average molecular weight is 408 g/mol. The summed E-state index contributed by atoms with van der Waals surface area (Å²) in [6.45, 7) is 6.36. The maximum Gasteiger partial charge on any atom is 0.240 e. The number of sulfonamides is 1. The Morgan fingerprint density at radius 2 is 1.75 bits per heavy atom. The molecule has 3 rings (SSSR count). The number of carbonyl (C=O) groups is 1. The Morgan fingerprint density at radius 3 is 2.43 bits per heavy atom. The monoisotopic (exact) mass is 407 g/mol. The van der Waals surface area contributed by atoms with Crippen LogP contribution in [0.4, 0.5) is 0 Å². The molecule has 2 N–H and O–H groups in total. The fourth-order valence-electron chi connectivity index (χ4n) is 4.34. The van der Waals surface area contributed by atoms with Gasteiger partial charge in [0.1, 0.15) is 0 Å². The lowest BCUT2D eigenvalue weighted by atomic mass is 9.78. The fourth-order valence-corrected chi connectivity index (χ4v) is 5.66. The van der Waals surface area contributed by atoms with E-state index in [4.69, 9.17) is 0 Å². The van der Waals surface area contributed by atoms with E-state index in [2.05, 4.69) is 28.8 Å². The smallest absolute Gasteiger partial charge is 0.240 e. The zero-order chi connectivity index (χ0) is 20.1. The van der Waals surface area contributed by atoms with Crippen molar-refractivity contribution in [3.05, 3.63) is 30.3 Å². The number of nitrogens with one attached hydrogen (secondary N) is 2. The highest BCUT2D eigenvalue weighted by molar-refractivity contribution is 7.89. The molecule has 0 aromatic heterocycles. The molecule has 7 heteroatoms. The molecule has 3 unspecified atom stereocenters. The summed E-state index contributed by atoms with van der Waals surface area (Å²) in [5.74, 6) is 1.28. The first-order chi connectivity index (χ1) is 13.3. The van der Waals surface area contributed by atoms with Crippen molar-refractivity contribution in [2.75, 3.05) is 19.6 Å². The number of carbonyl (C=O) groups excluding carboxylic acids is 1. The number of rotatable bonds is 6. The lowest BCUT2D eigenvalue weighted by molar-refractivity contribution is -0.124. The van der Waals surface area contributed by atoms with Crippen LogP contribution in [0.15, 0.2) is 35.2 Å². The summed E-state index contributed by atoms with van der Waals surface area (Å²) in [6, 6.07) is 8.67. The molecule has 0 spiro atoms. The van der Waals surface area contributed by atoms with Gasteiger partial charge in [-0.2, -0.15) is 0 Å². The van der Waals surface area contributed by atoms with Crippen molar-refractivity contribution >= 4 is 15.9 Å². The molecule has 3 atom stereocenters. The minimum atomic E-state index is -3.48. The van der Waals surface area contributed by atoms with Crippen molar-refractivity contribution in [2.24, 2.45) is 11.8 Å². The number of likely N-dealkylation sites (tertiary alicyclic amines) is 1. The first-order valence-corrected chi connectivity index (χ1v) is 11.9. The summed E-state index contributed by atoms with van der Waals surface area (Å²) >= 11 is 0. The van der Waals surface area contributed by atoms with Gasteiger partial charge in [0.15, 0.2) is 0 Å². The average Bonchev–Trinajstić information content (AvgIpc) is 2.67. The SMILES string of the molecule is CC1CCCC(NC(=O)CN2CCC(NS(=O)(=O)c3ccccc3)CC2)C1C. The third kappa shape index (κ3) is 5.55. The predicted molar refractivity (Wildman–Crippen MR) is 110 cm³/mol. The van der Waals surface area contributed by atoms with Crippen LogP contribution in [0.5, 0.6) is 0 Å². The summed E-state index contributed by atoms with van der Waals surface area (Å²) in [4.78, 5) is 14.9. The van der Waals surface area contributed by atoms with Gasteiger partial charge in [-0.25, -0.2) is 13.1 Å². The molecule has 1 aromatic rings. The summed E-state index contributed by atoms with van der Waals surface area (Å²) in [5.41, 5.74) is 0. The van der Waals surface area contributed by atoms with E-state index in [9.17, 15) is 13.2 Å². The summed E-state index contributed by atoms with van der Waals surface area (Å²) in [6.07, 6.45) is 4.94. The molecule has 28 heavy (non-hydrogen) atoms. The fraction of sp³-hybridized carbons (Fsp3) is 0.667. The largest absolute Gasteiger partial charge is 0.352 e. The number of nitrogens with zero attached hydrogens (tertiary/aromatic N) is 1. The standard InChI is InChI=1S/C21H33N3O3S/c1-16-7-6-10-20(17(16)2)22-21(25)15-24-13-11-18(12-14-24)23-28(26,27)19-8-4-3-5-9-19/h3-5,8-9,16-18,20,23H,6-7,10-15H2,1-2H3,(H,22,25). The second-order valence-corrected chi connectivity index (χ2v) is 10.1. The van der Waals surface area contributed by atoms with E-state index >= 15 is 0 Å². The first kappa shape index (κ1) is 21.3. The lowest BCUT2D eigenvalue weighted by Crippen LogP contribution is -2.50. The lowest BCUT2D eigenvalue weighted by Gasteiger charge is -2.36. The Kier molecular flexibility index (Phi) is 7.12. The van der Waals surface area contributed by atoms with Gasteiger partial charge < -0.3 is 5.32 Å². The third-order valence-electron chi connectivity index (χ3n) is 6.38. The molecule has 0 radical (unpaired) electrons. The summed E-state index contributed by atoms with van der Waals surface area (Å²) in [7, 11) is -3.48. The second kappa shape index (κ2) is 9.37. The third-order valence-corrected chi connectivity index (χ3v) is 7.92. The molecule has 1 aliphatic carbocycles. The first-order valence-electron chi connectivity index (χ1n) is 10.4. The van der Waals surface area contributed by atoms with Gasteiger partial charge >= 0.3 is 0 Å². The van der Waals surface area contributed by atoms with Gasteiger partial charge in [0.05, 0.1) is 11.4 Å². The maximum atomic E-state index is 12.5. The molecule has 1 saturated carbocycles. The maximum absolute atomic E-state index is 12.5. The highest BCUT2D eigenvalue weighted by atomic mass is 32.2. The Morgan fingerprint density at radius 1 is 1.07 bits per heavy atom. The molecule has 1 amide bonds. The van der Waals surface area contributed by atoms with E-state index in [0.29, 0.717) is 23.3 Å². The van der Waals surface area contributed by atoms with Crippen LogP contribution < -0.4 is 10.0 Å². The van der Waals surface area contributed by atoms with E-state index in [1.54, 1.807) is 30.3 Å². The van der Waals surface area contributed by atoms with Crippen molar-refractivity contribution in [1.82, 2.24) is 14.9 Å². The minimum Gasteiger partial charge on any atom is -0.352 e. The molecule has 0 bridgehead atoms. The molecule has 1 heterocycles. The number of hydrogen-bond acceptors (Lipinski definition) is 4. The van der Waals surface area contributed by atoms with Crippen molar-refractivity contribution < 1.29 is 13.2 Å². The van der Waals surface area contributed by atoms with E-state index in [0.717, 1.165) is 32.4 Å². The van der Waals surface area contributed by atoms with Crippen LogP contribution in [-0.2, 0) is 14.8 Å². The van der Waals surface area contributed by atoms with Crippen LogP contribution in [0.1, 0.15) is 46.0 Å². The predicted octanol–water partition coefficient (Wildman–Crippen LogP) is 2.37. The quantitative estimate of drug-likeness (QED) is 0.759. The minimum absolute atomic E-state index is 0.0799. The molecule has 1 saturated heterocycles. The van der Waals surface area contributed by atoms with Crippen LogP contribution in [0, 0.1) is 11.8 Å². The Bertz CT molecular complexity index is 745. The zero-order valence-electron chi connectivity index (χ0n) is 16.9. The van der Waals surface area contributed by atoms with Crippen molar-refractivity contribution in [3.8, 4) is 0 Å². The van der Waals surface area contributed by atoms with Crippen molar-refractivity contribution in [2.45, 2.75) is 62.9 Å². The number of benzene rings is 1. The summed E-state index contributed by atoms with van der Waals surface area (Å²) in [5, 5.41) is 3.23. The molecule has 2 fully saturated rings. The van der Waals surface area contributed by atoms with E-state index in [1.165, 1.54) is 12.8 Å². The molecule has 156 valence electrons. The van der Waals surface area contributed by atoms with Gasteiger partial charge in [0.25, 0.3) is 0 Å². The molecular weight excluding hydrogens is 374 g/mol. The molecule has 1 aliphatic heterocycles.